The molecule has 0 bridgehead atoms. The zero-order valence-corrected chi connectivity index (χ0v) is 20.4. The molecule has 0 radical (unpaired) electrons. The Kier molecular flexibility index (Phi) is 5.76. The van der Waals surface area contributed by atoms with Gasteiger partial charge in [0.05, 0.1) is 15.0 Å². The Morgan fingerprint density at radius 1 is 1.09 bits per heavy atom. The second-order valence-electron chi connectivity index (χ2n) is 7.55. The molecule has 4 aromatic rings. The Hall–Kier alpha value is -3.05. The Balaban J connectivity index is 1.39. The van der Waals surface area contributed by atoms with E-state index in [0.29, 0.717) is 11.1 Å². The molecule has 0 fully saturated rings. The van der Waals surface area contributed by atoms with E-state index >= 15 is 0 Å². The van der Waals surface area contributed by atoms with Crippen LogP contribution in [0, 0.1) is 0 Å². The van der Waals surface area contributed by atoms with Crippen LogP contribution < -0.4 is 20.9 Å². The number of aromatic nitrogens is 1. The van der Waals surface area contributed by atoms with Crippen LogP contribution in [0.25, 0.3) is 16.5 Å². The van der Waals surface area contributed by atoms with Gasteiger partial charge >= 0.3 is 6.03 Å². The lowest BCUT2D eigenvalue weighted by atomic mass is 10.1. The molecule has 3 heterocycles. The van der Waals surface area contributed by atoms with Crippen molar-refractivity contribution in [2.45, 2.75) is 10.6 Å². The van der Waals surface area contributed by atoms with Gasteiger partial charge in [0.2, 0.25) is 0 Å². The van der Waals surface area contributed by atoms with Gasteiger partial charge in [0, 0.05) is 29.5 Å². The molecule has 0 saturated heterocycles. The number of urea groups is 1. The molecule has 12 heteroatoms. The highest BCUT2D eigenvalue weighted by molar-refractivity contribution is 7.92. The van der Waals surface area contributed by atoms with Gasteiger partial charge in [-0.05, 0) is 65.9 Å². The van der Waals surface area contributed by atoms with E-state index in [9.17, 15) is 18.0 Å². The Morgan fingerprint density at radius 3 is 2.65 bits per heavy atom. The first kappa shape index (κ1) is 22.7. The van der Waals surface area contributed by atoms with E-state index in [4.69, 9.17) is 23.2 Å². The lowest BCUT2D eigenvalue weighted by Gasteiger charge is -2.12. The lowest BCUT2D eigenvalue weighted by Crippen LogP contribution is -2.33. The molecule has 0 atom stereocenters. The van der Waals surface area contributed by atoms with Gasteiger partial charge in [-0.1, -0.05) is 23.2 Å². The fourth-order valence-electron chi connectivity index (χ4n) is 3.78. The molecule has 0 aliphatic carbocycles. The number of nitrogens with zero attached hydrogens (tertiary/aromatic N) is 1. The molecule has 8 nitrogen and oxygen atoms in total. The smallest absolute Gasteiger partial charge is 0.333 e. The zero-order chi connectivity index (χ0) is 24.0. The molecule has 0 spiro atoms. The number of nitrogens with one attached hydrogen (secondary N) is 3. The Bertz CT molecular complexity index is 1630. The molecule has 0 unspecified atom stereocenters. The van der Waals surface area contributed by atoms with E-state index < -0.39 is 16.1 Å². The maximum atomic E-state index is 13.2. The number of carbonyl (C=O) groups is 1. The van der Waals surface area contributed by atoms with Crippen LogP contribution in [0.3, 0.4) is 0 Å². The standard InChI is InChI=1S/C22H16Cl2N4O4S2/c23-16-11-14(26-22(30)27-34(31,32)20-4-3-19(24)33-20)1-2-18(16)28-8-6-12-10-17-13(5-7-25-17)9-15(12)21(28)29/h1-4,6,8-11,25H,5,7H2,(H2,26,27,30). The van der Waals surface area contributed by atoms with Crippen molar-refractivity contribution in [2.75, 3.05) is 17.2 Å². The summed E-state index contributed by atoms with van der Waals surface area (Å²) in [7, 11) is -4.06. The normalized spacial score (nSPS) is 12.9. The number of fused-ring (bicyclic) bond motifs is 2. The number of carbonyl (C=O) groups excluding carboxylic acids is 1. The zero-order valence-electron chi connectivity index (χ0n) is 17.3. The van der Waals surface area contributed by atoms with E-state index in [2.05, 4.69) is 10.6 Å². The summed E-state index contributed by atoms with van der Waals surface area (Å²) >= 11 is 13.0. The molecule has 174 valence electrons. The van der Waals surface area contributed by atoms with Crippen LogP contribution in [0.5, 0.6) is 0 Å². The first-order chi connectivity index (χ1) is 16.2. The summed E-state index contributed by atoms with van der Waals surface area (Å²) in [6, 6.07) is 12.0. The molecule has 0 saturated carbocycles. The van der Waals surface area contributed by atoms with Gasteiger partial charge in [0.1, 0.15) is 4.21 Å². The number of hydrogen-bond donors (Lipinski definition) is 3. The van der Waals surface area contributed by atoms with Gasteiger partial charge in [0.15, 0.2) is 0 Å². The van der Waals surface area contributed by atoms with Crippen LogP contribution in [0.15, 0.2) is 63.7 Å². The summed E-state index contributed by atoms with van der Waals surface area (Å²) in [5.74, 6) is 0. The van der Waals surface area contributed by atoms with Crippen molar-refractivity contribution < 1.29 is 13.2 Å². The topological polar surface area (TPSA) is 109 Å². The number of hydrogen-bond acceptors (Lipinski definition) is 6. The van der Waals surface area contributed by atoms with Crippen LogP contribution in [-0.2, 0) is 16.4 Å². The Morgan fingerprint density at radius 2 is 1.91 bits per heavy atom. The molecule has 2 aromatic heterocycles. The molecule has 1 aliphatic heterocycles. The average molecular weight is 535 g/mol. The van der Waals surface area contributed by atoms with E-state index in [0.717, 1.165) is 40.9 Å². The van der Waals surface area contributed by atoms with Crippen LogP contribution in [0.4, 0.5) is 16.2 Å². The minimum Gasteiger partial charge on any atom is -0.384 e. The number of sulfonamides is 1. The third-order valence-corrected chi connectivity index (χ3v) is 8.70. The monoisotopic (exact) mass is 534 g/mol. The van der Waals surface area contributed by atoms with Crippen LogP contribution in [0.2, 0.25) is 9.36 Å². The second kappa shape index (κ2) is 8.62. The predicted molar refractivity (Wildman–Crippen MR) is 135 cm³/mol. The number of amides is 2. The SMILES string of the molecule is O=C(Nc1ccc(-n2ccc3cc4c(cc3c2=O)CCN4)c(Cl)c1)NS(=O)(=O)c1ccc(Cl)s1. The number of rotatable bonds is 4. The van der Waals surface area contributed by atoms with Gasteiger partial charge < -0.3 is 10.6 Å². The fourth-order valence-corrected chi connectivity index (χ4v) is 6.44. The summed E-state index contributed by atoms with van der Waals surface area (Å²) in [5, 5.41) is 7.35. The maximum Gasteiger partial charge on any atom is 0.333 e. The van der Waals surface area contributed by atoms with Crippen LogP contribution >= 0.6 is 34.5 Å². The first-order valence-corrected chi connectivity index (χ1v) is 13.1. The van der Waals surface area contributed by atoms with E-state index in [-0.39, 0.29) is 24.8 Å². The molecule has 3 N–H and O–H groups in total. The minimum atomic E-state index is -4.06. The summed E-state index contributed by atoms with van der Waals surface area (Å²) in [4.78, 5) is 25.4. The minimum absolute atomic E-state index is 0.0851. The third-order valence-electron chi connectivity index (χ3n) is 5.34. The van der Waals surface area contributed by atoms with Crippen molar-refractivity contribution >= 4 is 72.7 Å². The second-order valence-corrected chi connectivity index (χ2v) is 11.6. The van der Waals surface area contributed by atoms with Gasteiger partial charge in [-0.15, -0.1) is 11.3 Å². The highest BCUT2D eigenvalue weighted by atomic mass is 35.5. The first-order valence-electron chi connectivity index (χ1n) is 10.0. The van der Waals surface area contributed by atoms with Gasteiger partial charge in [0.25, 0.3) is 15.6 Å². The van der Waals surface area contributed by atoms with Crippen molar-refractivity contribution in [3.05, 3.63) is 80.0 Å². The number of thiophene rings is 1. The highest BCUT2D eigenvalue weighted by Crippen LogP contribution is 2.29. The largest absolute Gasteiger partial charge is 0.384 e. The summed E-state index contributed by atoms with van der Waals surface area (Å²) in [5.41, 5.74) is 2.61. The predicted octanol–water partition coefficient (Wildman–Crippen LogP) is 4.84. The van der Waals surface area contributed by atoms with Crippen molar-refractivity contribution in [3.63, 3.8) is 0 Å². The molecule has 34 heavy (non-hydrogen) atoms. The number of pyridine rings is 1. The lowest BCUT2D eigenvalue weighted by molar-refractivity contribution is 0.256. The van der Waals surface area contributed by atoms with Crippen LogP contribution in [0.1, 0.15) is 5.56 Å². The number of halogens is 2. The van der Waals surface area contributed by atoms with E-state index in [1.54, 1.807) is 12.3 Å². The summed E-state index contributed by atoms with van der Waals surface area (Å²) < 4.78 is 28.1. The highest BCUT2D eigenvalue weighted by Gasteiger charge is 2.20. The Labute approximate surface area is 208 Å². The maximum absolute atomic E-state index is 13.2. The quantitative estimate of drug-likeness (QED) is 0.347. The number of benzene rings is 2. The molecule has 2 aromatic carbocycles. The van der Waals surface area contributed by atoms with E-state index in [1.807, 2.05) is 22.9 Å². The molecule has 5 rings (SSSR count). The fraction of sp³-hybridized carbons (Fsp3) is 0.0909. The van der Waals surface area contributed by atoms with Gasteiger partial charge in [-0.25, -0.2) is 17.9 Å². The summed E-state index contributed by atoms with van der Waals surface area (Å²) in [6.07, 6.45) is 2.50. The number of anilines is 2. The van der Waals surface area contributed by atoms with Gasteiger partial charge in [-0.2, -0.15) is 0 Å². The van der Waals surface area contributed by atoms with Crippen molar-refractivity contribution in [3.8, 4) is 5.69 Å². The average Bonchev–Trinajstić information content (AvgIpc) is 3.42. The molecular weight excluding hydrogens is 519 g/mol. The summed E-state index contributed by atoms with van der Waals surface area (Å²) in [6.45, 7) is 0.843. The molecular formula is C22H16Cl2N4O4S2. The molecule has 2 amide bonds. The van der Waals surface area contributed by atoms with Gasteiger partial charge in [-0.3, -0.25) is 9.36 Å². The van der Waals surface area contributed by atoms with Crippen molar-refractivity contribution in [1.82, 2.24) is 9.29 Å². The third kappa shape index (κ3) is 4.25. The van der Waals surface area contributed by atoms with Crippen molar-refractivity contribution in [2.24, 2.45) is 0 Å². The van der Waals surface area contributed by atoms with E-state index in [1.165, 1.54) is 28.8 Å². The van der Waals surface area contributed by atoms with Crippen molar-refractivity contribution in [1.29, 1.82) is 0 Å². The molecule has 1 aliphatic rings. The van der Waals surface area contributed by atoms with Crippen LogP contribution in [-0.4, -0.2) is 25.6 Å².